The van der Waals surface area contributed by atoms with E-state index in [-0.39, 0.29) is 12.2 Å². The van der Waals surface area contributed by atoms with Crippen molar-refractivity contribution in [3.63, 3.8) is 0 Å². The van der Waals surface area contributed by atoms with E-state index in [1.807, 2.05) is 36.7 Å². The molecule has 0 bridgehead atoms. The topological polar surface area (TPSA) is 59.5 Å². The summed E-state index contributed by atoms with van der Waals surface area (Å²) in [5.74, 6) is 1.41. The van der Waals surface area contributed by atoms with Gasteiger partial charge in [0.25, 0.3) is 0 Å². The first-order valence-electron chi connectivity index (χ1n) is 10.3. The standard InChI is InChI=1S/C24H28N4O2/c1-17-14-28(15-18(2)30-17)16-19-4-8-22(9-5-19)27-24-25-12-21(13-26-24)20-6-10-23(29-3)11-7-20/h4-13,17-18H,14-16H2,1-3H3,(H,25,26,27). The monoisotopic (exact) mass is 404 g/mol. The van der Waals surface area contributed by atoms with Gasteiger partial charge in [0.15, 0.2) is 0 Å². The van der Waals surface area contributed by atoms with Crippen LogP contribution in [0.25, 0.3) is 11.1 Å². The lowest BCUT2D eigenvalue weighted by atomic mass is 10.1. The third-order valence-corrected chi connectivity index (χ3v) is 5.19. The van der Waals surface area contributed by atoms with E-state index in [2.05, 4.69) is 58.3 Å². The molecule has 2 unspecified atom stereocenters. The molecule has 0 aliphatic carbocycles. The number of benzene rings is 2. The van der Waals surface area contributed by atoms with Gasteiger partial charge in [-0.15, -0.1) is 0 Å². The van der Waals surface area contributed by atoms with Crippen LogP contribution in [-0.2, 0) is 11.3 Å². The summed E-state index contributed by atoms with van der Waals surface area (Å²) in [6.45, 7) is 7.15. The number of aromatic nitrogens is 2. The van der Waals surface area contributed by atoms with Gasteiger partial charge < -0.3 is 14.8 Å². The third-order valence-electron chi connectivity index (χ3n) is 5.19. The second-order valence-corrected chi connectivity index (χ2v) is 7.80. The quantitative estimate of drug-likeness (QED) is 0.653. The van der Waals surface area contributed by atoms with Crippen LogP contribution in [0.5, 0.6) is 5.75 Å². The molecule has 6 heteroatoms. The van der Waals surface area contributed by atoms with E-state index >= 15 is 0 Å². The van der Waals surface area contributed by atoms with Gasteiger partial charge in [-0.05, 0) is 49.2 Å². The van der Waals surface area contributed by atoms with Crippen LogP contribution < -0.4 is 10.1 Å². The summed E-state index contributed by atoms with van der Waals surface area (Å²) in [7, 11) is 1.66. The maximum atomic E-state index is 5.82. The molecule has 0 saturated carbocycles. The van der Waals surface area contributed by atoms with Gasteiger partial charge in [0, 0.05) is 43.3 Å². The lowest BCUT2D eigenvalue weighted by Crippen LogP contribution is -2.44. The van der Waals surface area contributed by atoms with E-state index in [1.54, 1.807) is 7.11 Å². The van der Waals surface area contributed by atoms with Crippen molar-refractivity contribution in [3.05, 3.63) is 66.5 Å². The molecule has 1 saturated heterocycles. The molecule has 1 aliphatic heterocycles. The van der Waals surface area contributed by atoms with Gasteiger partial charge in [-0.2, -0.15) is 0 Å². The first-order chi connectivity index (χ1) is 14.6. The highest BCUT2D eigenvalue weighted by molar-refractivity contribution is 5.63. The largest absolute Gasteiger partial charge is 0.497 e. The predicted octanol–water partition coefficient (Wildman–Crippen LogP) is 4.51. The van der Waals surface area contributed by atoms with Crippen molar-refractivity contribution in [1.82, 2.24) is 14.9 Å². The van der Waals surface area contributed by atoms with Gasteiger partial charge >= 0.3 is 0 Å². The molecule has 6 nitrogen and oxygen atoms in total. The number of nitrogens with zero attached hydrogens (tertiary/aromatic N) is 3. The Morgan fingerprint density at radius 3 is 2.17 bits per heavy atom. The highest BCUT2D eigenvalue weighted by Crippen LogP contribution is 2.22. The van der Waals surface area contributed by atoms with Crippen LogP contribution in [0.1, 0.15) is 19.4 Å². The van der Waals surface area contributed by atoms with Crippen LogP contribution in [0.3, 0.4) is 0 Å². The maximum absolute atomic E-state index is 5.82. The molecule has 156 valence electrons. The minimum absolute atomic E-state index is 0.285. The van der Waals surface area contributed by atoms with Crippen molar-refractivity contribution >= 4 is 11.6 Å². The molecular weight excluding hydrogens is 376 g/mol. The van der Waals surface area contributed by atoms with Gasteiger partial charge in [-0.3, -0.25) is 4.90 Å². The molecule has 4 rings (SSSR count). The van der Waals surface area contributed by atoms with Crippen molar-refractivity contribution in [2.75, 3.05) is 25.5 Å². The third kappa shape index (κ3) is 5.14. The van der Waals surface area contributed by atoms with E-state index in [1.165, 1.54) is 5.56 Å². The number of nitrogens with one attached hydrogen (secondary N) is 1. The number of anilines is 2. The fraction of sp³-hybridized carbons (Fsp3) is 0.333. The summed E-state index contributed by atoms with van der Waals surface area (Å²) in [6, 6.07) is 16.3. The molecule has 1 N–H and O–H groups in total. The summed E-state index contributed by atoms with van der Waals surface area (Å²) in [5.41, 5.74) is 4.28. The predicted molar refractivity (Wildman–Crippen MR) is 119 cm³/mol. The van der Waals surface area contributed by atoms with Gasteiger partial charge in [0.1, 0.15) is 5.75 Å². The molecule has 0 radical (unpaired) electrons. The summed E-state index contributed by atoms with van der Waals surface area (Å²) >= 11 is 0. The number of hydrogen-bond donors (Lipinski definition) is 1. The molecule has 2 aromatic carbocycles. The Hall–Kier alpha value is -2.96. The summed E-state index contributed by atoms with van der Waals surface area (Å²) in [6.07, 6.45) is 4.22. The summed E-state index contributed by atoms with van der Waals surface area (Å²) in [4.78, 5) is 11.3. The number of methoxy groups -OCH3 is 1. The van der Waals surface area contributed by atoms with E-state index in [0.29, 0.717) is 5.95 Å². The molecule has 30 heavy (non-hydrogen) atoms. The number of ether oxygens (including phenoxy) is 2. The smallest absolute Gasteiger partial charge is 0.227 e. The van der Waals surface area contributed by atoms with Crippen LogP contribution >= 0.6 is 0 Å². The van der Waals surface area contributed by atoms with Gasteiger partial charge in [0.05, 0.1) is 19.3 Å². The van der Waals surface area contributed by atoms with Gasteiger partial charge in [0.2, 0.25) is 5.95 Å². The Morgan fingerprint density at radius 2 is 1.57 bits per heavy atom. The van der Waals surface area contributed by atoms with E-state index in [0.717, 1.165) is 42.2 Å². The molecule has 1 fully saturated rings. The van der Waals surface area contributed by atoms with Crippen LogP contribution in [0.15, 0.2) is 60.9 Å². The first kappa shape index (κ1) is 20.3. The zero-order chi connectivity index (χ0) is 20.9. The Kier molecular flexibility index (Phi) is 6.26. The van der Waals surface area contributed by atoms with E-state index < -0.39 is 0 Å². The summed E-state index contributed by atoms with van der Waals surface area (Å²) in [5, 5.41) is 3.27. The highest BCUT2D eigenvalue weighted by atomic mass is 16.5. The minimum Gasteiger partial charge on any atom is -0.497 e. The fourth-order valence-electron chi connectivity index (χ4n) is 3.82. The normalized spacial score (nSPS) is 19.4. The van der Waals surface area contributed by atoms with Crippen molar-refractivity contribution in [3.8, 4) is 16.9 Å². The zero-order valence-corrected chi connectivity index (χ0v) is 17.7. The second-order valence-electron chi connectivity index (χ2n) is 7.80. The fourth-order valence-corrected chi connectivity index (χ4v) is 3.82. The van der Waals surface area contributed by atoms with E-state index in [4.69, 9.17) is 9.47 Å². The maximum Gasteiger partial charge on any atom is 0.227 e. The molecule has 1 aliphatic rings. The van der Waals surface area contributed by atoms with Crippen LogP contribution in [-0.4, -0.2) is 47.3 Å². The molecule has 2 heterocycles. The Bertz CT molecular complexity index is 932. The molecule has 0 amide bonds. The number of rotatable bonds is 6. The number of hydrogen-bond acceptors (Lipinski definition) is 6. The van der Waals surface area contributed by atoms with Gasteiger partial charge in [-0.25, -0.2) is 9.97 Å². The van der Waals surface area contributed by atoms with E-state index in [9.17, 15) is 0 Å². The summed E-state index contributed by atoms with van der Waals surface area (Å²) < 4.78 is 11.0. The lowest BCUT2D eigenvalue weighted by molar-refractivity contribution is -0.0704. The Labute approximate surface area is 177 Å². The molecule has 0 spiro atoms. The average Bonchev–Trinajstić information content (AvgIpc) is 2.75. The molecule has 2 atom stereocenters. The van der Waals surface area contributed by atoms with Crippen molar-refractivity contribution in [2.45, 2.75) is 32.6 Å². The molecule has 3 aromatic rings. The minimum atomic E-state index is 0.285. The SMILES string of the molecule is COc1ccc(-c2cnc(Nc3ccc(CN4CC(C)OC(C)C4)cc3)nc2)cc1. The number of morpholine rings is 1. The van der Waals surface area contributed by atoms with Crippen LogP contribution in [0, 0.1) is 0 Å². The lowest BCUT2D eigenvalue weighted by Gasteiger charge is -2.35. The van der Waals surface area contributed by atoms with Crippen molar-refractivity contribution in [1.29, 1.82) is 0 Å². The zero-order valence-electron chi connectivity index (χ0n) is 17.7. The van der Waals surface area contributed by atoms with Crippen molar-refractivity contribution in [2.24, 2.45) is 0 Å². The highest BCUT2D eigenvalue weighted by Gasteiger charge is 2.21. The molecular formula is C24H28N4O2. The van der Waals surface area contributed by atoms with Gasteiger partial charge in [-0.1, -0.05) is 24.3 Å². The molecule has 1 aromatic heterocycles. The first-order valence-corrected chi connectivity index (χ1v) is 10.3. The Morgan fingerprint density at radius 1 is 0.933 bits per heavy atom. The van der Waals surface area contributed by atoms with Crippen LogP contribution in [0.2, 0.25) is 0 Å². The Balaban J connectivity index is 1.36. The van der Waals surface area contributed by atoms with Crippen LogP contribution in [0.4, 0.5) is 11.6 Å². The average molecular weight is 405 g/mol. The van der Waals surface area contributed by atoms with Crippen molar-refractivity contribution < 1.29 is 9.47 Å². The second kappa shape index (κ2) is 9.24.